The van der Waals surface area contributed by atoms with E-state index in [4.69, 9.17) is 0 Å². The summed E-state index contributed by atoms with van der Waals surface area (Å²) >= 11 is 0. The third-order valence-corrected chi connectivity index (χ3v) is 0.653. The minimum atomic E-state index is -2.02. The Morgan fingerprint density at radius 2 is 1.88 bits per heavy atom. The summed E-state index contributed by atoms with van der Waals surface area (Å²) in [5.74, 6) is -1.08. The van der Waals surface area contributed by atoms with E-state index in [0.29, 0.717) is 0 Å². The monoisotopic (exact) mass is 121 g/mol. The van der Waals surface area contributed by atoms with Crippen molar-refractivity contribution in [1.82, 2.24) is 0 Å². The first-order valence-corrected chi connectivity index (χ1v) is 1.87. The van der Waals surface area contributed by atoms with E-state index >= 15 is 0 Å². The second-order valence-electron chi connectivity index (χ2n) is 1.25. The first-order chi connectivity index (χ1) is 3.55. The molecule has 0 aliphatic rings. The van der Waals surface area contributed by atoms with Crippen molar-refractivity contribution in [2.45, 2.75) is 6.92 Å². The van der Waals surface area contributed by atoms with Gasteiger partial charge in [-0.15, -0.1) is 0 Å². The number of primary amides is 1. The SMILES string of the molecule is CC(C(N)=O)=C(F)F. The molecular formula is C4H5F2NO. The van der Waals surface area contributed by atoms with E-state index in [-0.39, 0.29) is 0 Å². The molecule has 0 aromatic rings. The summed E-state index contributed by atoms with van der Waals surface area (Å²) in [6.07, 6.45) is -2.02. The molecule has 0 saturated heterocycles. The fraction of sp³-hybridized carbons (Fsp3) is 0.250. The molecule has 0 rings (SSSR count). The maximum absolute atomic E-state index is 11.3. The zero-order valence-corrected chi connectivity index (χ0v) is 4.24. The van der Waals surface area contributed by atoms with Crippen LogP contribution in [-0.2, 0) is 4.79 Å². The number of hydrogen-bond acceptors (Lipinski definition) is 1. The lowest BCUT2D eigenvalue weighted by Gasteiger charge is -1.86. The van der Waals surface area contributed by atoms with Crippen molar-refractivity contribution < 1.29 is 13.6 Å². The number of carbonyl (C=O) groups is 1. The largest absolute Gasteiger partial charge is 0.366 e. The second kappa shape index (κ2) is 2.40. The van der Waals surface area contributed by atoms with E-state index in [2.05, 4.69) is 5.73 Å². The Hall–Kier alpha value is -0.930. The molecule has 0 fully saturated rings. The summed E-state index contributed by atoms with van der Waals surface area (Å²) in [4.78, 5) is 9.83. The van der Waals surface area contributed by atoms with Crippen LogP contribution in [0.25, 0.3) is 0 Å². The standard InChI is InChI=1S/C4H5F2NO/c1-2(3(5)6)4(7)8/h1H3,(H2,7,8). The van der Waals surface area contributed by atoms with Crippen molar-refractivity contribution in [2.24, 2.45) is 5.73 Å². The first-order valence-electron chi connectivity index (χ1n) is 1.87. The van der Waals surface area contributed by atoms with Gasteiger partial charge in [-0.2, -0.15) is 8.78 Å². The first kappa shape index (κ1) is 7.07. The van der Waals surface area contributed by atoms with Crippen LogP contribution >= 0.6 is 0 Å². The number of nitrogens with two attached hydrogens (primary N) is 1. The highest BCUT2D eigenvalue weighted by Gasteiger charge is 2.03. The van der Waals surface area contributed by atoms with Crippen LogP contribution in [0.4, 0.5) is 8.78 Å². The van der Waals surface area contributed by atoms with Gasteiger partial charge in [-0.3, -0.25) is 4.79 Å². The third-order valence-electron chi connectivity index (χ3n) is 0.653. The molecular weight excluding hydrogens is 116 g/mol. The van der Waals surface area contributed by atoms with Gasteiger partial charge >= 0.3 is 0 Å². The highest BCUT2D eigenvalue weighted by Crippen LogP contribution is 2.04. The summed E-state index contributed by atoms with van der Waals surface area (Å²) in [6, 6.07) is 0. The topological polar surface area (TPSA) is 43.1 Å². The van der Waals surface area contributed by atoms with E-state index in [0.717, 1.165) is 6.92 Å². The number of carbonyl (C=O) groups excluding carboxylic acids is 1. The van der Waals surface area contributed by atoms with E-state index in [1.54, 1.807) is 0 Å². The van der Waals surface area contributed by atoms with Crippen LogP contribution in [0.3, 0.4) is 0 Å². The molecule has 4 heteroatoms. The molecule has 46 valence electrons. The van der Waals surface area contributed by atoms with Gasteiger partial charge in [-0.25, -0.2) is 0 Å². The summed E-state index contributed by atoms with van der Waals surface area (Å²) in [6.45, 7) is 0.970. The van der Waals surface area contributed by atoms with Gasteiger partial charge in [0.15, 0.2) is 0 Å². The summed E-state index contributed by atoms with van der Waals surface area (Å²) in [5.41, 5.74) is 3.78. The molecule has 0 aromatic heterocycles. The minimum Gasteiger partial charge on any atom is -0.366 e. The zero-order valence-electron chi connectivity index (χ0n) is 4.24. The van der Waals surface area contributed by atoms with Gasteiger partial charge in [-0.1, -0.05) is 0 Å². The smallest absolute Gasteiger partial charge is 0.278 e. The van der Waals surface area contributed by atoms with E-state index < -0.39 is 17.6 Å². The maximum Gasteiger partial charge on any atom is 0.278 e. The molecule has 2 N–H and O–H groups in total. The molecule has 0 bridgehead atoms. The molecule has 0 aromatic carbocycles. The molecule has 0 saturated carbocycles. The Bertz CT molecular complexity index is 137. The van der Waals surface area contributed by atoms with Crippen LogP contribution in [0.2, 0.25) is 0 Å². The Morgan fingerprint density at radius 1 is 1.50 bits per heavy atom. The molecule has 8 heavy (non-hydrogen) atoms. The third kappa shape index (κ3) is 1.68. The van der Waals surface area contributed by atoms with Gasteiger partial charge in [0, 0.05) is 0 Å². The van der Waals surface area contributed by atoms with Crippen molar-refractivity contribution >= 4 is 5.91 Å². The molecule has 0 heterocycles. The lowest BCUT2D eigenvalue weighted by molar-refractivity contribution is -0.114. The predicted molar refractivity (Wildman–Crippen MR) is 24.1 cm³/mol. The quantitative estimate of drug-likeness (QED) is 0.508. The van der Waals surface area contributed by atoms with Crippen molar-refractivity contribution in [1.29, 1.82) is 0 Å². The van der Waals surface area contributed by atoms with Crippen LogP contribution in [0.15, 0.2) is 11.7 Å². The number of rotatable bonds is 1. The second-order valence-corrected chi connectivity index (χ2v) is 1.25. The molecule has 0 aliphatic carbocycles. The van der Waals surface area contributed by atoms with Gasteiger partial charge in [0.25, 0.3) is 6.08 Å². The van der Waals surface area contributed by atoms with E-state index in [1.165, 1.54) is 0 Å². The Balaban J connectivity index is 4.23. The van der Waals surface area contributed by atoms with Crippen molar-refractivity contribution in [3.8, 4) is 0 Å². The van der Waals surface area contributed by atoms with Crippen LogP contribution in [-0.4, -0.2) is 5.91 Å². The van der Waals surface area contributed by atoms with Crippen LogP contribution in [0.1, 0.15) is 6.92 Å². The van der Waals surface area contributed by atoms with E-state index in [1.807, 2.05) is 0 Å². The molecule has 1 amide bonds. The fourth-order valence-electron chi connectivity index (χ4n) is 0.0931. The molecule has 0 radical (unpaired) electrons. The van der Waals surface area contributed by atoms with Gasteiger partial charge in [0.2, 0.25) is 5.91 Å². The molecule has 0 spiro atoms. The molecule has 2 nitrogen and oxygen atoms in total. The minimum absolute atomic E-state index is 0.676. The summed E-state index contributed by atoms with van der Waals surface area (Å²) in [5, 5.41) is 0. The Kier molecular flexibility index (Phi) is 2.12. The highest BCUT2D eigenvalue weighted by molar-refractivity contribution is 5.91. The molecule has 0 atom stereocenters. The normalized spacial score (nSPS) is 8.38. The lowest BCUT2D eigenvalue weighted by Crippen LogP contribution is -2.11. The van der Waals surface area contributed by atoms with Gasteiger partial charge in [-0.05, 0) is 6.92 Å². The van der Waals surface area contributed by atoms with Gasteiger partial charge in [0.1, 0.15) is 0 Å². The molecule has 0 aliphatic heterocycles. The van der Waals surface area contributed by atoms with E-state index in [9.17, 15) is 13.6 Å². The van der Waals surface area contributed by atoms with Crippen LogP contribution < -0.4 is 5.73 Å². The number of halogens is 2. The number of amides is 1. The van der Waals surface area contributed by atoms with Crippen LogP contribution in [0.5, 0.6) is 0 Å². The van der Waals surface area contributed by atoms with Crippen molar-refractivity contribution in [3.63, 3.8) is 0 Å². The maximum atomic E-state index is 11.3. The Labute approximate surface area is 45.0 Å². The predicted octanol–water partition coefficient (Wildman–Crippen LogP) is 0.642. The average Bonchev–Trinajstić information content (AvgIpc) is 1.64. The summed E-state index contributed by atoms with van der Waals surface area (Å²) < 4.78 is 22.5. The highest BCUT2D eigenvalue weighted by atomic mass is 19.3. The van der Waals surface area contributed by atoms with Crippen molar-refractivity contribution in [3.05, 3.63) is 11.7 Å². The van der Waals surface area contributed by atoms with Crippen LogP contribution in [0, 0.1) is 0 Å². The van der Waals surface area contributed by atoms with Crippen molar-refractivity contribution in [2.75, 3.05) is 0 Å². The summed E-state index contributed by atoms with van der Waals surface area (Å²) in [7, 11) is 0. The molecule has 0 unspecified atom stereocenters. The van der Waals surface area contributed by atoms with Gasteiger partial charge < -0.3 is 5.73 Å². The zero-order chi connectivity index (χ0) is 6.73. The Morgan fingerprint density at radius 3 is 1.88 bits per heavy atom. The lowest BCUT2D eigenvalue weighted by atomic mass is 10.3. The number of hydrogen-bond donors (Lipinski definition) is 1. The van der Waals surface area contributed by atoms with Gasteiger partial charge in [0.05, 0.1) is 5.57 Å². The average molecular weight is 121 g/mol. The fourth-order valence-corrected chi connectivity index (χ4v) is 0.0931.